The molecule has 0 saturated carbocycles. The number of nitrogens with one attached hydrogen (secondary N) is 1. The molecule has 4 atom stereocenters. The lowest BCUT2D eigenvalue weighted by Crippen LogP contribution is -2.68. The number of carbonyl (C=O) groups excluding carboxylic acids is 2. The van der Waals surface area contributed by atoms with Crippen molar-refractivity contribution in [3.63, 3.8) is 0 Å². The number of rotatable bonds is 1. The van der Waals surface area contributed by atoms with Gasteiger partial charge in [-0.1, -0.05) is 20.8 Å². The third kappa shape index (κ3) is 2.48. The van der Waals surface area contributed by atoms with Gasteiger partial charge < -0.3 is 15.0 Å². The fourth-order valence-corrected chi connectivity index (χ4v) is 2.91. The zero-order valence-electron chi connectivity index (χ0n) is 12.4. The van der Waals surface area contributed by atoms with E-state index in [1.807, 2.05) is 27.7 Å². The van der Waals surface area contributed by atoms with Gasteiger partial charge in [0.1, 0.15) is 12.1 Å². The van der Waals surface area contributed by atoms with Crippen molar-refractivity contribution in [3.8, 4) is 0 Å². The minimum absolute atomic E-state index is 0.00193. The minimum atomic E-state index is -0.455. The van der Waals surface area contributed by atoms with Crippen molar-refractivity contribution < 1.29 is 14.3 Å². The molecule has 0 aliphatic carbocycles. The molecule has 2 amide bonds. The monoisotopic (exact) mass is 268 g/mol. The summed E-state index contributed by atoms with van der Waals surface area (Å²) in [4.78, 5) is 26.6. The molecule has 4 unspecified atom stereocenters. The Kier molecular flexibility index (Phi) is 3.60. The van der Waals surface area contributed by atoms with Crippen LogP contribution in [0.15, 0.2) is 0 Å². The highest BCUT2D eigenvalue weighted by atomic mass is 16.5. The first-order valence-corrected chi connectivity index (χ1v) is 6.97. The van der Waals surface area contributed by atoms with Gasteiger partial charge in [-0.25, -0.2) is 0 Å². The number of hydrogen-bond acceptors (Lipinski definition) is 3. The highest BCUT2D eigenvalue weighted by Gasteiger charge is 2.47. The molecule has 0 bridgehead atoms. The summed E-state index contributed by atoms with van der Waals surface area (Å²) in [5.74, 6) is -0.0550. The second kappa shape index (κ2) is 4.78. The molecule has 2 rings (SSSR count). The molecule has 2 fully saturated rings. The summed E-state index contributed by atoms with van der Waals surface area (Å²) in [5.41, 5.74) is -0.284. The molecule has 2 heterocycles. The first-order chi connectivity index (χ1) is 8.73. The van der Waals surface area contributed by atoms with Gasteiger partial charge in [0.25, 0.3) is 0 Å². The van der Waals surface area contributed by atoms with E-state index < -0.39 is 12.1 Å². The Morgan fingerprint density at radius 1 is 1.26 bits per heavy atom. The average Bonchev–Trinajstić information content (AvgIpc) is 2.69. The topological polar surface area (TPSA) is 58.6 Å². The average molecular weight is 268 g/mol. The maximum absolute atomic E-state index is 12.7. The molecule has 0 aromatic heterocycles. The van der Waals surface area contributed by atoms with Crippen LogP contribution in [-0.2, 0) is 14.3 Å². The van der Waals surface area contributed by atoms with Gasteiger partial charge >= 0.3 is 0 Å². The van der Waals surface area contributed by atoms with Crippen LogP contribution >= 0.6 is 0 Å². The number of amides is 2. The highest BCUT2D eigenvalue weighted by Crippen LogP contribution is 2.30. The first-order valence-electron chi connectivity index (χ1n) is 6.97. The Morgan fingerprint density at radius 3 is 2.37 bits per heavy atom. The summed E-state index contributed by atoms with van der Waals surface area (Å²) in [6.45, 7) is 10.3. The molecule has 19 heavy (non-hydrogen) atoms. The molecule has 2 aliphatic heterocycles. The molecule has 108 valence electrons. The third-order valence-corrected chi connectivity index (χ3v) is 4.14. The summed E-state index contributed by atoms with van der Waals surface area (Å²) in [6, 6.07) is -0.859. The van der Waals surface area contributed by atoms with Crippen LogP contribution < -0.4 is 5.32 Å². The molecule has 1 N–H and O–H groups in total. The Hall–Kier alpha value is -1.10. The normalized spacial score (nSPS) is 36.6. The quantitative estimate of drug-likeness (QED) is 0.769. The molecule has 2 saturated heterocycles. The molecule has 5 nitrogen and oxygen atoms in total. The van der Waals surface area contributed by atoms with Crippen LogP contribution in [0, 0.1) is 5.41 Å². The Morgan fingerprint density at radius 2 is 1.89 bits per heavy atom. The minimum Gasteiger partial charge on any atom is -0.376 e. The van der Waals surface area contributed by atoms with Crippen LogP contribution in [0.25, 0.3) is 0 Å². The largest absolute Gasteiger partial charge is 0.376 e. The van der Waals surface area contributed by atoms with Gasteiger partial charge in [0.15, 0.2) is 0 Å². The standard InChI is InChI=1S/C14H24N2O3/c1-8-12(17)15-11(14(3,4)5)13(18)16(8)10-6-7-19-9(10)2/h8-11H,6-7H2,1-5H3,(H,15,17). The van der Waals surface area contributed by atoms with E-state index in [4.69, 9.17) is 4.74 Å². The van der Waals surface area contributed by atoms with E-state index in [-0.39, 0.29) is 29.4 Å². The molecule has 0 spiro atoms. The highest BCUT2D eigenvalue weighted by molar-refractivity contribution is 5.97. The molecule has 5 heteroatoms. The summed E-state index contributed by atoms with van der Waals surface area (Å²) >= 11 is 0. The summed E-state index contributed by atoms with van der Waals surface area (Å²) in [5, 5.41) is 2.85. The third-order valence-electron chi connectivity index (χ3n) is 4.14. The van der Waals surface area contributed by atoms with Crippen LogP contribution in [-0.4, -0.2) is 47.6 Å². The Bertz CT molecular complexity index is 389. The van der Waals surface area contributed by atoms with Gasteiger partial charge in [-0.3, -0.25) is 9.59 Å². The van der Waals surface area contributed by atoms with E-state index in [0.29, 0.717) is 6.61 Å². The van der Waals surface area contributed by atoms with Crippen LogP contribution in [0.3, 0.4) is 0 Å². The number of carbonyl (C=O) groups is 2. The summed E-state index contributed by atoms with van der Waals surface area (Å²) < 4.78 is 5.55. The zero-order chi connectivity index (χ0) is 14.4. The van der Waals surface area contributed by atoms with Gasteiger partial charge in [0.05, 0.1) is 12.1 Å². The maximum Gasteiger partial charge on any atom is 0.246 e. The molecule has 0 radical (unpaired) electrons. The lowest BCUT2D eigenvalue weighted by atomic mass is 9.83. The smallest absolute Gasteiger partial charge is 0.246 e. The number of piperazine rings is 1. The van der Waals surface area contributed by atoms with Crippen LogP contribution in [0.4, 0.5) is 0 Å². The predicted molar refractivity (Wildman–Crippen MR) is 71.5 cm³/mol. The van der Waals surface area contributed by atoms with E-state index in [9.17, 15) is 9.59 Å². The van der Waals surface area contributed by atoms with Crippen molar-refractivity contribution in [2.24, 2.45) is 5.41 Å². The van der Waals surface area contributed by atoms with Gasteiger partial charge in [-0.15, -0.1) is 0 Å². The van der Waals surface area contributed by atoms with Crippen molar-refractivity contribution in [1.82, 2.24) is 10.2 Å². The molecule has 2 aliphatic rings. The van der Waals surface area contributed by atoms with Crippen LogP contribution in [0.2, 0.25) is 0 Å². The van der Waals surface area contributed by atoms with Crippen LogP contribution in [0.1, 0.15) is 41.0 Å². The van der Waals surface area contributed by atoms with Crippen molar-refractivity contribution in [1.29, 1.82) is 0 Å². The fraction of sp³-hybridized carbons (Fsp3) is 0.857. The lowest BCUT2D eigenvalue weighted by molar-refractivity contribution is -0.155. The van der Waals surface area contributed by atoms with Crippen LogP contribution in [0.5, 0.6) is 0 Å². The SMILES string of the molecule is CC1OCCC1N1C(=O)C(C(C)(C)C)NC(=O)C1C. The van der Waals surface area contributed by atoms with Crippen molar-refractivity contribution >= 4 is 11.8 Å². The van der Waals surface area contributed by atoms with Crippen molar-refractivity contribution in [2.75, 3.05) is 6.61 Å². The summed E-state index contributed by atoms with van der Waals surface area (Å²) in [6.07, 6.45) is 0.805. The Balaban J connectivity index is 2.29. The summed E-state index contributed by atoms with van der Waals surface area (Å²) in [7, 11) is 0. The van der Waals surface area contributed by atoms with E-state index >= 15 is 0 Å². The Labute approximate surface area is 114 Å². The molecular weight excluding hydrogens is 244 g/mol. The number of ether oxygens (including phenoxy) is 1. The number of hydrogen-bond donors (Lipinski definition) is 1. The molecule has 0 aromatic rings. The van der Waals surface area contributed by atoms with Crippen molar-refractivity contribution in [3.05, 3.63) is 0 Å². The predicted octanol–water partition coefficient (Wildman–Crippen LogP) is 0.925. The van der Waals surface area contributed by atoms with E-state index in [1.54, 1.807) is 11.8 Å². The molecule has 0 aromatic carbocycles. The zero-order valence-corrected chi connectivity index (χ0v) is 12.4. The fourth-order valence-electron chi connectivity index (χ4n) is 2.91. The maximum atomic E-state index is 12.7. The van der Waals surface area contributed by atoms with Crippen molar-refractivity contribution in [2.45, 2.75) is 65.3 Å². The lowest BCUT2D eigenvalue weighted by Gasteiger charge is -2.45. The van der Waals surface area contributed by atoms with Gasteiger partial charge in [-0.05, 0) is 25.7 Å². The van der Waals surface area contributed by atoms with E-state index in [1.165, 1.54) is 0 Å². The molecular formula is C14H24N2O3. The van der Waals surface area contributed by atoms with E-state index in [0.717, 1.165) is 6.42 Å². The van der Waals surface area contributed by atoms with E-state index in [2.05, 4.69) is 5.32 Å². The van der Waals surface area contributed by atoms with Gasteiger partial charge in [0, 0.05) is 6.61 Å². The second-order valence-electron chi connectivity index (χ2n) is 6.66. The number of nitrogens with zero attached hydrogens (tertiary/aromatic N) is 1. The second-order valence-corrected chi connectivity index (χ2v) is 6.66. The first kappa shape index (κ1) is 14.3. The van der Waals surface area contributed by atoms with Gasteiger partial charge in [-0.2, -0.15) is 0 Å². The van der Waals surface area contributed by atoms with Gasteiger partial charge in [0.2, 0.25) is 11.8 Å².